The molecule has 0 aliphatic carbocycles. The fraction of sp³-hybridized carbons (Fsp3) is 0.487. The number of carbonyl (C=O) groups is 2. The predicted molar refractivity (Wildman–Crippen MR) is 181 cm³/mol. The number of hydrogen-bond acceptors (Lipinski definition) is 6. The van der Waals surface area contributed by atoms with Gasteiger partial charge in [-0.2, -0.15) is 0 Å². The van der Waals surface area contributed by atoms with Crippen molar-refractivity contribution in [2.45, 2.75) is 102 Å². The molecule has 2 atom stereocenters. The summed E-state index contributed by atoms with van der Waals surface area (Å²) in [5.74, 6) is -1.63. The van der Waals surface area contributed by atoms with Gasteiger partial charge in [-0.05, 0) is 29.5 Å². The second-order valence-electron chi connectivity index (χ2n) is 11.8. The molecule has 0 saturated carbocycles. The number of hydrogen-bond donors (Lipinski definition) is 2. The van der Waals surface area contributed by atoms with Crippen LogP contribution in [0.3, 0.4) is 0 Å². The summed E-state index contributed by atoms with van der Waals surface area (Å²) in [5, 5.41) is 20.2. The zero-order valence-corrected chi connectivity index (χ0v) is 27.4. The minimum absolute atomic E-state index is 0.0399. The van der Waals surface area contributed by atoms with Crippen LogP contribution in [-0.4, -0.2) is 54.2 Å². The van der Waals surface area contributed by atoms with Crippen LogP contribution in [0, 0.1) is 0 Å². The number of aliphatic carboxylic acids is 1. The van der Waals surface area contributed by atoms with Crippen LogP contribution in [0.25, 0.3) is 0 Å². The SMILES string of the molecule is CCCCCCCCCCCCOC(=O)C(CCC(=O)O)OCC(O)COC(c1ccccc1)(c1ccccc1)c1ccccc1. The lowest BCUT2D eigenvalue weighted by Crippen LogP contribution is -2.38. The maximum absolute atomic E-state index is 12.8. The Bertz CT molecular complexity index is 1140. The van der Waals surface area contributed by atoms with Gasteiger partial charge in [-0.1, -0.05) is 156 Å². The smallest absolute Gasteiger partial charge is 0.335 e. The van der Waals surface area contributed by atoms with E-state index in [0.717, 1.165) is 36.0 Å². The summed E-state index contributed by atoms with van der Waals surface area (Å²) in [7, 11) is 0. The van der Waals surface area contributed by atoms with Crippen LogP contribution in [0.1, 0.15) is 101 Å². The predicted octanol–water partition coefficient (Wildman–Crippen LogP) is 8.07. The summed E-state index contributed by atoms with van der Waals surface area (Å²) in [4.78, 5) is 24.1. The quantitative estimate of drug-likeness (QED) is 0.0585. The lowest BCUT2D eigenvalue weighted by molar-refractivity contribution is -0.161. The first-order chi connectivity index (χ1) is 22.5. The number of rotatable bonds is 24. The summed E-state index contributed by atoms with van der Waals surface area (Å²) in [6, 6.07) is 29.5. The molecule has 0 bridgehead atoms. The van der Waals surface area contributed by atoms with Gasteiger partial charge in [0, 0.05) is 6.42 Å². The molecule has 0 amide bonds. The summed E-state index contributed by atoms with van der Waals surface area (Å²) in [6.45, 7) is 2.17. The first kappa shape index (κ1) is 36.9. The number of aliphatic hydroxyl groups is 1. The highest BCUT2D eigenvalue weighted by atomic mass is 16.6. The maximum atomic E-state index is 12.8. The normalized spacial score (nSPS) is 12.8. The fourth-order valence-electron chi connectivity index (χ4n) is 5.64. The van der Waals surface area contributed by atoms with Crippen molar-refractivity contribution in [2.75, 3.05) is 19.8 Å². The minimum Gasteiger partial charge on any atom is -0.481 e. The molecule has 7 nitrogen and oxygen atoms in total. The number of carboxylic acids is 1. The van der Waals surface area contributed by atoms with E-state index in [-0.39, 0.29) is 32.7 Å². The first-order valence-electron chi connectivity index (χ1n) is 17.0. The summed E-state index contributed by atoms with van der Waals surface area (Å²) in [6.07, 6.45) is 9.27. The molecule has 250 valence electrons. The van der Waals surface area contributed by atoms with Crippen molar-refractivity contribution in [3.8, 4) is 0 Å². The van der Waals surface area contributed by atoms with E-state index in [0.29, 0.717) is 0 Å². The van der Waals surface area contributed by atoms with Gasteiger partial charge in [0.25, 0.3) is 0 Å². The number of carbonyl (C=O) groups excluding carboxylic acids is 1. The molecule has 0 aromatic heterocycles. The molecule has 0 fully saturated rings. The van der Waals surface area contributed by atoms with Crippen molar-refractivity contribution in [1.82, 2.24) is 0 Å². The van der Waals surface area contributed by atoms with Gasteiger partial charge in [-0.25, -0.2) is 4.79 Å². The van der Waals surface area contributed by atoms with Crippen LogP contribution in [-0.2, 0) is 29.4 Å². The number of aliphatic hydroxyl groups excluding tert-OH is 1. The molecule has 0 radical (unpaired) electrons. The average Bonchev–Trinajstić information content (AvgIpc) is 3.08. The van der Waals surface area contributed by atoms with Crippen LogP contribution in [0.15, 0.2) is 91.0 Å². The van der Waals surface area contributed by atoms with Gasteiger partial charge in [0.05, 0.1) is 19.8 Å². The van der Waals surface area contributed by atoms with Gasteiger partial charge in [0.2, 0.25) is 0 Å². The molecule has 3 aromatic carbocycles. The van der Waals surface area contributed by atoms with Crippen molar-refractivity contribution >= 4 is 11.9 Å². The van der Waals surface area contributed by atoms with Crippen LogP contribution < -0.4 is 0 Å². The molecule has 46 heavy (non-hydrogen) atoms. The van der Waals surface area contributed by atoms with Gasteiger partial charge < -0.3 is 24.4 Å². The number of unbranched alkanes of at least 4 members (excludes halogenated alkanes) is 9. The third kappa shape index (κ3) is 12.3. The second-order valence-corrected chi connectivity index (χ2v) is 11.8. The average molecular weight is 633 g/mol. The molecule has 0 aliphatic rings. The summed E-state index contributed by atoms with van der Waals surface area (Å²) in [5.41, 5.74) is 1.68. The van der Waals surface area contributed by atoms with E-state index >= 15 is 0 Å². The van der Waals surface area contributed by atoms with E-state index in [1.807, 2.05) is 91.0 Å². The van der Waals surface area contributed by atoms with Gasteiger partial charge in [-0.3, -0.25) is 4.79 Å². The van der Waals surface area contributed by atoms with Gasteiger partial charge in [-0.15, -0.1) is 0 Å². The van der Waals surface area contributed by atoms with E-state index in [4.69, 9.17) is 14.2 Å². The second kappa shape index (κ2) is 21.3. The van der Waals surface area contributed by atoms with E-state index in [1.165, 1.54) is 44.9 Å². The number of carboxylic acid groups (broad SMARTS) is 1. The maximum Gasteiger partial charge on any atom is 0.335 e. The minimum atomic E-state index is -1.09. The van der Waals surface area contributed by atoms with Crippen molar-refractivity contribution in [2.24, 2.45) is 0 Å². The molecule has 0 spiro atoms. The first-order valence-corrected chi connectivity index (χ1v) is 17.0. The van der Waals surface area contributed by atoms with Crippen LogP contribution in [0.2, 0.25) is 0 Å². The van der Waals surface area contributed by atoms with E-state index in [2.05, 4.69) is 6.92 Å². The highest BCUT2D eigenvalue weighted by Gasteiger charge is 2.38. The Morgan fingerprint density at radius 3 is 1.59 bits per heavy atom. The fourth-order valence-corrected chi connectivity index (χ4v) is 5.64. The largest absolute Gasteiger partial charge is 0.481 e. The Labute approximate surface area is 274 Å². The van der Waals surface area contributed by atoms with Crippen molar-refractivity contribution in [1.29, 1.82) is 0 Å². The topological polar surface area (TPSA) is 102 Å². The number of benzene rings is 3. The molecule has 7 heteroatoms. The summed E-state index contributed by atoms with van der Waals surface area (Å²) >= 11 is 0. The third-order valence-electron chi connectivity index (χ3n) is 8.15. The van der Waals surface area contributed by atoms with E-state index < -0.39 is 29.7 Å². The Hall–Kier alpha value is -3.52. The lowest BCUT2D eigenvalue weighted by Gasteiger charge is -2.36. The summed E-state index contributed by atoms with van der Waals surface area (Å²) < 4.78 is 17.9. The Morgan fingerprint density at radius 2 is 1.13 bits per heavy atom. The van der Waals surface area contributed by atoms with E-state index in [9.17, 15) is 19.8 Å². The molecule has 0 saturated heterocycles. The zero-order chi connectivity index (χ0) is 32.9. The molecule has 3 aromatic rings. The van der Waals surface area contributed by atoms with Crippen molar-refractivity contribution < 1.29 is 34.0 Å². The monoisotopic (exact) mass is 632 g/mol. The Morgan fingerprint density at radius 1 is 0.674 bits per heavy atom. The standard InChI is InChI=1S/C39H52O7/c1-2-3-4-5-6-7-8-9-10-20-29-44-38(43)36(27-28-37(41)42)45-30-35(40)31-46-39(32-21-14-11-15-22-32,33-23-16-12-17-24-33)34-25-18-13-19-26-34/h11-19,21-26,35-36,40H,2-10,20,27-31H2,1H3,(H,41,42). The number of esters is 1. The lowest BCUT2D eigenvalue weighted by atomic mass is 9.80. The molecule has 2 unspecified atom stereocenters. The van der Waals surface area contributed by atoms with Crippen LogP contribution in [0.4, 0.5) is 0 Å². The highest BCUT2D eigenvalue weighted by Crippen LogP contribution is 2.40. The third-order valence-corrected chi connectivity index (χ3v) is 8.15. The molecule has 0 aliphatic heterocycles. The van der Waals surface area contributed by atoms with E-state index in [1.54, 1.807) is 0 Å². The Balaban J connectivity index is 1.57. The number of ether oxygens (including phenoxy) is 3. The molecular formula is C39H52O7. The molecule has 2 N–H and O–H groups in total. The van der Waals surface area contributed by atoms with Crippen molar-refractivity contribution in [3.05, 3.63) is 108 Å². The van der Waals surface area contributed by atoms with Crippen molar-refractivity contribution in [3.63, 3.8) is 0 Å². The molecule has 3 rings (SSSR count). The van der Waals surface area contributed by atoms with Gasteiger partial charge >= 0.3 is 11.9 Å². The Kier molecular flexibility index (Phi) is 17.1. The van der Waals surface area contributed by atoms with Gasteiger partial charge in [0.15, 0.2) is 6.10 Å². The van der Waals surface area contributed by atoms with Gasteiger partial charge in [0.1, 0.15) is 11.7 Å². The molecular weight excluding hydrogens is 580 g/mol. The highest BCUT2D eigenvalue weighted by molar-refractivity contribution is 5.76. The van der Waals surface area contributed by atoms with Crippen LogP contribution in [0.5, 0.6) is 0 Å². The van der Waals surface area contributed by atoms with Crippen LogP contribution >= 0.6 is 0 Å². The molecule has 0 heterocycles. The zero-order valence-electron chi connectivity index (χ0n) is 27.4.